The SMILES string of the molecule is COCC(C)(C)c1c(C2CC(C(=O)O)C2)c2cc(O)ccc2n1-c1ccc(F)c(C)c1. The van der Waals surface area contributed by atoms with E-state index in [1.807, 2.05) is 12.1 Å². The van der Waals surface area contributed by atoms with Gasteiger partial charge in [-0.05, 0) is 73.2 Å². The molecule has 0 amide bonds. The first kappa shape index (κ1) is 21.4. The molecule has 0 radical (unpaired) electrons. The number of methoxy groups -OCH3 is 1. The Kier molecular flexibility index (Phi) is 5.30. The average molecular weight is 426 g/mol. The van der Waals surface area contributed by atoms with Crippen molar-refractivity contribution in [2.24, 2.45) is 5.92 Å². The molecule has 1 saturated carbocycles. The molecule has 31 heavy (non-hydrogen) atoms. The van der Waals surface area contributed by atoms with Gasteiger partial charge in [0.15, 0.2) is 0 Å². The number of carboxylic acids is 1. The number of aromatic hydroxyl groups is 1. The molecule has 1 aromatic heterocycles. The summed E-state index contributed by atoms with van der Waals surface area (Å²) in [6, 6.07) is 10.3. The number of hydrogen-bond acceptors (Lipinski definition) is 3. The second kappa shape index (κ2) is 7.68. The van der Waals surface area contributed by atoms with Gasteiger partial charge in [-0.3, -0.25) is 4.79 Å². The molecule has 1 fully saturated rings. The van der Waals surface area contributed by atoms with Crippen LogP contribution in [0.2, 0.25) is 0 Å². The predicted molar refractivity (Wildman–Crippen MR) is 118 cm³/mol. The fraction of sp³-hybridized carbons (Fsp3) is 0.400. The third kappa shape index (κ3) is 3.59. The van der Waals surface area contributed by atoms with E-state index in [9.17, 15) is 19.4 Å². The number of aliphatic carboxylic acids is 1. The number of aromatic nitrogens is 1. The minimum atomic E-state index is -0.769. The number of nitrogens with zero attached hydrogens (tertiary/aromatic N) is 1. The van der Waals surface area contributed by atoms with E-state index in [1.54, 1.807) is 32.2 Å². The van der Waals surface area contributed by atoms with Crippen molar-refractivity contribution in [3.63, 3.8) is 0 Å². The number of phenols is 1. The first-order chi connectivity index (χ1) is 14.6. The zero-order valence-electron chi connectivity index (χ0n) is 18.3. The van der Waals surface area contributed by atoms with Crippen molar-refractivity contribution >= 4 is 16.9 Å². The lowest BCUT2D eigenvalue weighted by molar-refractivity contribution is -0.145. The number of hydrogen-bond donors (Lipinski definition) is 2. The maximum absolute atomic E-state index is 14.0. The molecule has 0 spiro atoms. The Labute approximate surface area is 181 Å². The van der Waals surface area contributed by atoms with Crippen molar-refractivity contribution in [1.82, 2.24) is 4.57 Å². The number of carbonyl (C=O) groups is 1. The summed E-state index contributed by atoms with van der Waals surface area (Å²) >= 11 is 0. The third-order valence-electron chi connectivity index (χ3n) is 6.43. The van der Waals surface area contributed by atoms with Crippen LogP contribution in [0, 0.1) is 18.7 Å². The molecular formula is C25H28FNO4. The minimum absolute atomic E-state index is 0.0688. The maximum Gasteiger partial charge on any atom is 0.306 e. The molecule has 4 rings (SSSR count). The third-order valence-corrected chi connectivity index (χ3v) is 6.43. The molecule has 0 aliphatic heterocycles. The Morgan fingerprint density at radius 2 is 1.94 bits per heavy atom. The monoisotopic (exact) mass is 425 g/mol. The van der Waals surface area contributed by atoms with Crippen LogP contribution < -0.4 is 0 Å². The van der Waals surface area contributed by atoms with Gasteiger partial charge in [0.2, 0.25) is 0 Å². The van der Waals surface area contributed by atoms with Gasteiger partial charge in [-0.15, -0.1) is 0 Å². The van der Waals surface area contributed by atoms with E-state index < -0.39 is 11.4 Å². The summed E-state index contributed by atoms with van der Waals surface area (Å²) in [5.41, 5.74) is 3.92. The summed E-state index contributed by atoms with van der Waals surface area (Å²) in [6.07, 6.45) is 1.12. The Hall–Kier alpha value is -2.86. The van der Waals surface area contributed by atoms with Crippen LogP contribution in [0.25, 0.3) is 16.6 Å². The number of rotatable bonds is 6. The van der Waals surface area contributed by atoms with Crippen LogP contribution in [-0.4, -0.2) is 34.5 Å². The van der Waals surface area contributed by atoms with E-state index in [2.05, 4.69) is 18.4 Å². The Morgan fingerprint density at radius 1 is 1.23 bits per heavy atom. The van der Waals surface area contributed by atoms with Gasteiger partial charge < -0.3 is 19.5 Å². The lowest BCUT2D eigenvalue weighted by Gasteiger charge is -2.36. The Balaban J connectivity index is 2.03. The highest BCUT2D eigenvalue weighted by molar-refractivity contribution is 5.90. The van der Waals surface area contributed by atoms with Gasteiger partial charge in [0.1, 0.15) is 11.6 Å². The highest BCUT2D eigenvalue weighted by Crippen LogP contribution is 2.50. The molecule has 0 atom stereocenters. The van der Waals surface area contributed by atoms with Crippen molar-refractivity contribution in [1.29, 1.82) is 0 Å². The Morgan fingerprint density at radius 3 is 2.55 bits per heavy atom. The summed E-state index contributed by atoms with van der Waals surface area (Å²) in [5, 5.41) is 20.6. The zero-order valence-corrected chi connectivity index (χ0v) is 18.3. The van der Waals surface area contributed by atoms with Crippen LogP contribution in [0.1, 0.15) is 49.4 Å². The van der Waals surface area contributed by atoms with E-state index in [4.69, 9.17) is 4.74 Å². The first-order valence-electron chi connectivity index (χ1n) is 10.5. The van der Waals surface area contributed by atoms with Crippen LogP contribution in [0.3, 0.4) is 0 Å². The molecule has 0 unspecified atom stereocenters. The summed E-state index contributed by atoms with van der Waals surface area (Å²) in [5.74, 6) is -1.16. The van der Waals surface area contributed by atoms with Gasteiger partial charge in [0.05, 0.1) is 18.0 Å². The quantitative estimate of drug-likeness (QED) is 0.563. The summed E-state index contributed by atoms with van der Waals surface area (Å²) in [7, 11) is 1.66. The topological polar surface area (TPSA) is 71.7 Å². The number of halogens is 1. The summed E-state index contributed by atoms with van der Waals surface area (Å²) in [6.45, 7) is 6.38. The van der Waals surface area contributed by atoms with Crippen LogP contribution in [0.15, 0.2) is 36.4 Å². The maximum atomic E-state index is 14.0. The lowest BCUT2D eigenvalue weighted by Crippen LogP contribution is -2.33. The van der Waals surface area contributed by atoms with E-state index in [0.717, 1.165) is 27.8 Å². The minimum Gasteiger partial charge on any atom is -0.508 e. The van der Waals surface area contributed by atoms with E-state index >= 15 is 0 Å². The van der Waals surface area contributed by atoms with Crippen LogP contribution >= 0.6 is 0 Å². The van der Waals surface area contributed by atoms with Crippen molar-refractivity contribution in [3.8, 4) is 11.4 Å². The van der Waals surface area contributed by atoms with Gasteiger partial charge in [-0.1, -0.05) is 13.8 Å². The zero-order chi connectivity index (χ0) is 22.5. The second-order valence-electron chi connectivity index (χ2n) is 9.25. The molecule has 6 heteroatoms. The highest BCUT2D eigenvalue weighted by Gasteiger charge is 2.41. The molecule has 1 heterocycles. The number of benzene rings is 2. The molecule has 3 aromatic rings. The number of fused-ring (bicyclic) bond motifs is 1. The second-order valence-corrected chi connectivity index (χ2v) is 9.25. The largest absolute Gasteiger partial charge is 0.508 e. The van der Waals surface area contributed by atoms with Crippen molar-refractivity contribution in [3.05, 3.63) is 59.0 Å². The van der Waals surface area contributed by atoms with Crippen molar-refractivity contribution < 1.29 is 24.1 Å². The normalized spacial score (nSPS) is 18.9. The molecule has 2 N–H and O–H groups in total. The van der Waals surface area contributed by atoms with Crippen LogP contribution in [0.5, 0.6) is 5.75 Å². The molecular weight excluding hydrogens is 397 g/mol. The standard InChI is InChI=1S/C25H28FNO4/c1-14-9-17(5-7-20(14)26)27-21-8-6-18(28)12-19(21)22(15-10-16(11-15)24(29)30)23(27)25(2,3)13-31-4/h5-9,12,15-16,28H,10-11,13H2,1-4H3,(H,29,30). The van der Waals surface area contributed by atoms with Gasteiger partial charge >= 0.3 is 5.97 Å². The molecule has 0 saturated heterocycles. The van der Waals surface area contributed by atoms with E-state index in [-0.39, 0.29) is 23.4 Å². The lowest BCUT2D eigenvalue weighted by atomic mass is 9.68. The summed E-state index contributed by atoms with van der Waals surface area (Å²) < 4.78 is 21.7. The van der Waals surface area contributed by atoms with Gasteiger partial charge in [0, 0.05) is 29.3 Å². The molecule has 164 valence electrons. The predicted octanol–water partition coefficient (Wildman–Crippen LogP) is 5.29. The fourth-order valence-electron chi connectivity index (χ4n) is 4.90. The van der Waals surface area contributed by atoms with Gasteiger partial charge in [0.25, 0.3) is 0 Å². The highest BCUT2D eigenvalue weighted by atomic mass is 19.1. The van der Waals surface area contributed by atoms with E-state index in [1.165, 1.54) is 6.07 Å². The van der Waals surface area contributed by atoms with Crippen molar-refractivity contribution in [2.45, 2.75) is 44.9 Å². The van der Waals surface area contributed by atoms with Gasteiger partial charge in [-0.2, -0.15) is 0 Å². The summed E-state index contributed by atoms with van der Waals surface area (Å²) in [4.78, 5) is 11.5. The fourth-order valence-corrected chi connectivity index (χ4v) is 4.90. The van der Waals surface area contributed by atoms with E-state index in [0.29, 0.717) is 25.0 Å². The molecule has 2 aromatic carbocycles. The van der Waals surface area contributed by atoms with Gasteiger partial charge in [-0.25, -0.2) is 4.39 Å². The average Bonchev–Trinajstić information content (AvgIpc) is 2.97. The van der Waals surface area contributed by atoms with Crippen LogP contribution in [-0.2, 0) is 14.9 Å². The number of ether oxygens (including phenoxy) is 1. The smallest absolute Gasteiger partial charge is 0.306 e. The molecule has 0 bridgehead atoms. The molecule has 1 aliphatic carbocycles. The number of phenolic OH excluding ortho intramolecular Hbond substituents is 1. The molecule has 1 aliphatic rings. The number of carboxylic acid groups (broad SMARTS) is 1. The van der Waals surface area contributed by atoms with Crippen molar-refractivity contribution in [2.75, 3.05) is 13.7 Å². The molecule has 5 nitrogen and oxygen atoms in total. The number of aryl methyl sites for hydroxylation is 1. The Bertz CT molecular complexity index is 1160. The van der Waals surface area contributed by atoms with Crippen LogP contribution in [0.4, 0.5) is 4.39 Å². The first-order valence-corrected chi connectivity index (χ1v) is 10.5.